The maximum atomic E-state index is 13.4. The predicted octanol–water partition coefficient (Wildman–Crippen LogP) is 1.29. The molecule has 2 saturated heterocycles. The van der Waals surface area contributed by atoms with Crippen LogP contribution in [0.5, 0.6) is 11.5 Å². The number of amides is 3. The third-order valence-electron chi connectivity index (χ3n) is 5.65. The lowest BCUT2D eigenvalue weighted by Crippen LogP contribution is -2.40. The van der Waals surface area contributed by atoms with Gasteiger partial charge in [0, 0.05) is 0 Å². The maximum absolute atomic E-state index is 13.4. The van der Waals surface area contributed by atoms with E-state index in [-0.39, 0.29) is 18.0 Å². The van der Waals surface area contributed by atoms with E-state index in [4.69, 9.17) is 15.3 Å². The minimum absolute atomic E-state index is 0.133. The van der Waals surface area contributed by atoms with Gasteiger partial charge in [0.25, 0.3) is 5.91 Å². The van der Waals surface area contributed by atoms with Gasteiger partial charge in [-0.2, -0.15) is 5.06 Å². The van der Waals surface area contributed by atoms with Crippen LogP contribution in [0.25, 0.3) is 0 Å². The number of carbonyl (C=O) groups excluding carboxylic acids is 3. The molecule has 3 atom stereocenters. The molecule has 0 aliphatic carbocycles. The van der Waals surface area contributed by atoms with Gasteiger partial charge < -0.3 is 15.6 Å². The summed E-state index contributed by atoms with van der Waals surface area (Å²) >= 11 is 0. The topological polar surface area (TPSA) is 122 Å². The third kappa shape index (κ3) is 3.51. The van der Waals surface area contributed by atoms with Crippen molar-refractivity contribution in [3.05, 3.63) is 53.6 Å². The number of nitrogens with zero attached hydrogens (tertiary/aromatic N) is 2. The number of aryl methyl sites for hydroxylation is 1. The summed E-state index contributed by atoms with van der Waals surface area (Å²) in [5.41, 5.74) is 7.38. The van der Waals surface area contributed by atoms with Crippen LogP contribution in [0.2, 0.25) is 0 Å². The minimum atomic E-state index is -1.09. The molecule has 9 heteroatoms. The number of rotatable bonds is 6. The standard InChI is InChI=1S/C22H23N3O6/c1-3-12-4-7-14(8-5-12)25-21(28)18-19(13-6-9-16(30-2)15(26)10-13)24(11-17(23)27)31-20(18)22(25)29/h4-10,18-20,26H,3,11H2,1-2H3,(H2,23,27). The van der Waals surface area contributed by atoms with Crippen molar-refractivity contribution in [1.29, 1.82) is 0 Å². The van der Waals surface area contributed by atoms with Gasteiger partial charge in [-0.25, -0.2) is 4.90 Å². The molecule has 4 rings (SSSR count). The van der Waals surface area contributed by atoms with E-state index in [1.54, 1.807) is 24.3 Å². The van der Waals surface area contributed by atoms with Gasteiger partial charge in [0.05, 0.1) is 24.8 Å². The molecule has 3 N–H and O–H groups in total. The normalized spacial score (nSPS) is 23.3. The quantitative estimate of drug-likeness (QED) is 0.669. The zero-order valence-corrected chi connectivity index (χ0v) is 17.1. The number of nitrogens with two attached hydrogens (primary N) is 1. The number of phenols is 1. The summed E-state index contributed by atoms with van der Waals surface area (Å²) in [4.78, 5) is 44.9. The lowest BCUT2D eigenvalue weighted by atomic mass is 9.90. The van der Waals surface area contributed by atoms with E-state index in [0.29, 0.717) is 11.3 Å². The highest BCUT2D eigenvalue weighted by molar-refractivity contribution is 6.23. The zero-order chi connectivity index (χ0) is 22.3. The molecular formula is C22H23N3O6. The Morgan fingerprint density at radius 1 is 1.16 bits per heavy atom. The fraction of sp³-hybridized carbons (Fsp3) is 0.318. The Labute approximate surface area is 178 Å². The summed E-state index contributed by atoms with van der Waals surface area (Å²) in [5.74, 6) is -2.39. The monoisotopic (exact) mass is 425 g/mol. The third-order valence-corrected chi connectivity index (χ3v) is 5.65. The van der Waals surface area contributed by atoms with Crippen molar-refractivity contribution >= 4 is 23.4 Å². The van der Waals surface area contributed by atoms with Crippen LogP contribution in [-0.4, -0.2) is 47.6 Å². The summed E-state index contributed by atoms with van der Waals surface area (Å²) < 4.78 is 5.07. The van der Waals surface area contributed by atoms with Gasteiger partial charge in [-0.05, 0) is 41.8 Å². The SMILES string of the molecule is CCc1ccc(N2C(=O)C3ON(CC(N)=O)C(c4ccc(OC)c(O)c4)C3C2=O)cc1. The highest BCUT2D eigenvalue weighted by atomic mass is 16.7. The molecule has 162 valence electrons. The second-order valence-electron chi connectivity index (χ2n) is 7.50. The van der Waals surface area contributed by atoms with Crippen molar-refractivity contribution in [3.8, 4) is 11.5 Å². The fourth-order valence-corrected chi connectivity index (χ4v) is 4.16. The van der Waals surface area contributed by atoms with Gasteiger partial charge in [0.2, 0.25) is 11.8 Å². The average Bonchev–Trinajstić information content (AvgIpc) is 3.22. The number of hydrogen-bond acceptors (Lipinski definition) is 7. The van der Waals surface area contributed by atoms with Gasteiger partial charge in [-0.1, -0.05) is 25.1 Å². The number of methoxy groups -OCH3 is 1. The van der Waals surface area contributed by atoms with E-state index < -0.39 is 35.8 Å². The first-order valence-electron chi connectivity index (χ1n) is 9.91. The smallest absolute Gasteiger partial charge is 0.265 e. The number of benzene rings is 2. The van der Waals surface area contributed by atoms with Crippen LogP contribution in [-0.2, 0) is 25.6 Å². The van der Waals surface area contributed by atoms with Crippen LogP contribution in [0.3, 0.4) is 0 Å². The first-order chi connectivity index (χ1) is 14.8. The molecule has 0 bridgehead atoms. The molecule has 2 aliphatic rings. The Kier molecular flexibility index (Phi) is 5.38. The first-order valence-corrected chi connectivity index (χ1v) is 9.91. The molecule has 0 aromatic heterocycles. The Hall–Kier alpha value is -3.43. The number of ether oxygens (including phenoxy) is 1. The molecule has 2 aromatic rings. The summed E-state index contributed by atoms with van der Waals surface area (Å²) in [7, 11) is 1.42. The number of anilines is 1. The highest BCUT2D eigenvalue weighted by Gasteiger charge is 2.60. The average molecular weight is 425 g/mol. The molecule has 31 heavy (non-hydrogen) atoms. The second kappa shape index (κ2) is 8.01. The maximum Gasteiger partial charge on any atom is 0.265 e. The molecule has 9 nitrogen and oxygen atoms in total. The number of primary amides is 1. The number of fused-ring (bicyclic) bond motifs is 1. The van der Waals surface area contributed by atoms with Crippen LogP contribution in [0.15, 0.2) is 42.5 Å². The molecule has 0 radical (unpaired) electrons. The summed E-state index contributed by atoms with van der Waals surface area (Å²) in [6.07, 6.45) is -0.256. The molecule has 3 unspecified atom stereocenters. The van der Waals surface area contributed by atoms with Gasteiger partial charge >= 0.3 is 0 Å². The molecule has 2 aliphatic heterocycles. The van der Waals surface area contributed by atoms with Crippen molar-refractivity contribution in [1.82, 2.24) is 5.06 Å². The molecule has 0 saturated carbocycles. The van der Waals surface area contributed by atoms with E-state index in [2.05, 4.69) is 0 Å². The van der Waals surface area contributed by atoms with Crippen LogP contribution in [0, 0.1) is 5.92 Å². The van der Waals surface area contributed by atoms with Gasteiger partial charge in [0.15, 0.2) is 17.6 Å². The van der Waals surface area contributed by atoms with Crippen LogP contribution in [0.4, 0.5) is 5.69 Å². The van der Waals surface area contributed by atoms with E-state index in [1.165, 1.54) is 18.2 Å². The first kappa shape index (κ1) is 20.8. The number of aromatic hydroxyl groups is 1. The number of hydroxylamine groups is 2. The molecular weight excluding hydrogens is 402 g/mol. The Morgan fingerprint density at radius 2 is 1.87 bits per heavy atom. The molecule has 0 spiro atoms. The number of phenolic OH excluding ortho intramolecular Hbond substituents is 1. The van der Waals surface area contributed by atoms with E-state index >= 15 is 0 Å². The Bertz CT molecular complexity index is 1040. The number of imide groups is 1. The zero-order valence-electron chi connectivity index (χ0n) is 17.1. The van der Waals surface area contributed by atoms with Crippen molar-refractivity contribution in [2.75, 3.05) is 18.6 Å². The summed E-state index contributed by atoms with van der Waals surface area (Å²) in [6.45, 7) is 1.71. The van der Waals surface area contributed by atoms with Crippen molar-refractivity contribution in [3.63, 3.8) is 0 Å². The second-order valence-corrected chi connectivity index (χ2v) is 7.50. The number of hydrogen-bond donors (Lipinski definition) is 2. The largest absolute Gasteiger partial charge is 0.504 e. The Morgan fingerprint density at radius 3 is 2.45 bits per heavy atom. The number of carbonyl (C=O) groups is 3. The Balaban J connectivity index is 1.72. The van der Waals surface area contributed by atoms with Gasteiger partial charge in [0.1, 0.15) is 6.54 Å². The highest BCUT2D eigenvalue weighted by Crippen LogP contribution is 2.46. The minimum Gasteiger partial charge on any atom is -0.504 e. The lowest BCUT2D eigenvalue weighted by molar-refractivity contribution is -0.175. The van der Waals surface area contributed by atoms with Crippen LogP contribution < -0.4 is 15.4 Å². The van der Waals surface area contributed by atoms with Crippen molar-refractivity contribution < 1.29 is 29.1 Å². The van der Waals surface area contributed by atoms with E-state index in [1.807, 2.05) is 19.1 Å². The van der Waals surface area contributed by atoms with Crippen molar-refractivity contribution in [2.24, 2.45) is 11.7 Å². The molecule has 2 heterocycles. The summed E-state index contributed by atoms with van der Waals surface area (Å²) in [5, 5.41) is 11.5. The summed E-state index contributed by atoms with van der Waals surface area (Å²) in [6, 6.07) is 11.0. The van der Waals surface area contributed by atoms with Crippen LogP contribution >= 0.6 is 0 Å². The van der Waals surface area contributed by atoms with Crippen molar-refractivity contribution in [2.45, 2.75) is 25.5 Å². The van der Waals surface area contributed by atoms with E-state index in [0.717, 1.165) is 16.9 Å². The van der Waals surface area contributed by atoms with E-state index in [9.17, 15) is 19.5 Å². The molecule has 2 aromatic carbocycles. The van der Waals surface area contributed by atoms with Crippen LogP contribution in [0.1, 0.15) is 24.1 Å². The van der Waals surface area contributed by atoms with Gasteiger partial charge in [-0.15, -0.1) is 0 Å². The molecule has 3 amide bonds. The predicted molar refractivity (Wildman–Crippen MR) is 110 cm³/mol. The molecule has 2 fully saturated rings. The lowest BCUT2D eigenvalue weighted by Gasteiger charge is -2.26. The van der Waals surface area contributed by atoms with Gasteiger partial charge in [-0.3, -0.25) is 19.2 Å². The fourth-order valence-electron chi connectivity index (χ4n) is 4.16.